The highest BCUT2D eigenvalue weighted by atomic mass is 16.4. The molecule has 0 bridgehead atoms. The number of nitrogens with two attached hydrogens (primary N) is 1. The summed E-state index contributed by atoms with van der Waals surface area (Å²) < 4.78 is 0. The van der Waals surface area contributed by atoms with Crippen LogP contribution in [0.3, 0.4) is 0 Å². The first-order chi connectivity index (χ1) is 23.2. The highest BCUT2D eigenvalue weighted by molar-refractivity contribution is 5.97. The Morgan fingerprint density at radius 1 is 0.580 bits per heavy atom. The minimum Gasteiger partial charge on any atom is -0.481 e. The monoisotopic (exact) mass is 715 g/mol. The predicted octanol–water partition coefficient (Wildman–Crippen LogP) is -1.80. The number of aliphatic hydroxyl groups excluding tert-OH is 1. The van der Waals surface area contributed by atoms with Crippen molar-refractivity contribution in [3.05, 3.63) is 0 Å². The van der Waals surface area contributed by atoms with Crippen molar-refractivity contribution in [1.82, 2.24) is 31.9 Å². The zero-order chi connectivity index (χ0) is 38.9. The molecule has 0 unspecified atom stereocenters. The van der Waals surface area contributed by atoms with Gasteiger partial charge in [0.1, 0.15) is 36.3 Å². The molecule has 0 aromatic carbocycles. The molecule has 0 fully saturated rings. The summed E-state index contributed by atoms with van der Waals surface area (Å²) in [4.78, 5) is 101. The van der Waals surface area contributed by atoms with Crippen LogP contribution in [0.2, 0.25) is 0 Å². The maximum absolute atomic E-state index is 13.6. The smallest absolute Gasteiger partial charge is 0.326 e. The summed E-state index contributed by atoms with van der Waals surface area (Å²) in [6, 6.07) is -8.20. The fraction of sp³-hybridized carbons (Fsp3) is 0.750. The fourth-order valence-corrected chi connectivity index (χ4v) is 4.76. The second-order valence-electron chi connectivity index (χ2n) is 13.5. The lowest BCUT2D eigenvalue weighted by atomic mass is 9.96. The molecule has 11 N–H and O–H groups in total. The Hall–Kier alpha value is -4.32. The highest BCUT2D eigenvalue weighted by Crippen LogP contribution is 2.13. The lowest BCUT2D eigenvalue weighted by Crippen LogP contribution is -2.61. The topological polar surface area (TPSA) is 295 Å². The summed E-state index contributed by atoms with van der Waals surface area (Å²) in [6.45, 7) is 12.4. The first-order valence-electron chi connectivity index (χ1n) is 16.7. The molecule has 0 aromatic rings. The summed E-state index contributed by atoms with van der Waals surface area (Å²) in [5, 5.41) is 43.3. The molecule has 0 heterocycles. The van der Waals surface area contributed by atoms with Crippen molar-refractivity contribution in [3.63, 3.8) is 0 Å². The van der Waals surface area contributed by atoms with Gasteiger partial charge in [-0.25, -0.2) is 4.79 Å². The molecule has 286 valence electrons. The standard InChI is InChI=1S/C32H57N7O11/c1-9-18(8)26(31(48)35-20(12-24(42)43)27(44)36-21(32(49)50)11-16(4)5)39-28(45)19(10-15(2)3)34-29(46)22(14-40)37-30(47)25(17(6)7)38-23(41)13-33/h15-22,25-26,40H,9-14,33H2,1-8H3,(H,34,46)(H,35,48)(H,36,44)(H,37,47)(H,38,41)(H,39,45)(H,42,43)(H,49,50)/t18-,19-,20-,21-,22-,25-,26-/m0/s1. The molecular formula is C32H57N7O11. The van der Waals surface area contributed by atoms with E-state index in [0.717, 1.165) is 0 Å². The average molecular weight is 716 g/mol. The number of nitrogens with one attached hydrogen (secondary N) is 6. The van der Waals surface area contributed by atoms with E-state index < -0.39 is 108 Å². The Bertz CT molecular complexity index is 1200. The van der Waals surface area contributed by atoms with Crippen molar-refractivity contribution in [2.75, 3.05) is 13.2 Å². The second-order valence-corrected chi connectivity index (χ2v) is 13.5. The fourth-order valence-electron chi connectivity index (χ4n) is 4.76. The Balaban J connectivity index is 6.12. The van der Waals surface area contributed by atoms with Gasteiger partial charge in [-0.2, -0.15) is 0 Å². The van der Waals surface area contributed by atoms with Crippen LogP contribution in [0.4, 0.5) is 0 Å². The molecule has 18 heteroatoms. The molecule has 0 aliphatic rings. The Morgan fingerprint density at radius 3 is 1.46 bits per heavy atom. The van der Waals surface area contributed by atoms with Crippen molar-refractivity contribution in [2.24, 2.45) is 29.4 Å². The summed E-state index contributed by atoms with van der Waals surface area (Å²) in [7, 11) is 0. The first-order valence-corrected chi connectivity index (χ1v) is 16.7. The zero-order valence-corrected chi connectivity index (χ0v) is 30.2. The third-order valence-corrected chi connectivity index (χ3v) is 7.73. The van der Waals surface area contributed by atoms with Gasteiger partial charge in [0.15, 0.2) is 0 Å². The predicted molar refractivity (Wildman–Crippen MR) is 181 cm³/mol. The second kappa shape index (κ2) is 22.4. The molecule has 0 saturated carbocycles. The highest BCUT2D eigenvalue weighted by Gasteiger charge is 2.36. The number of carbonyl (C=O) groups is 8. The van der Waals surface area contributed by atoms with Gasteiger partial charge < -0.3 is 53.0 Å². The van der Waals surface area contributed by atoms with Crippen LogP contribution in [0.15, 0.2) is 0 Å². The molecule has 7 atom stereocenters. The molecule has 6 amide bonds. The number of amides is 6. The number of hydrogen-bond donors (Lipinski definition) is 10. The summed E-state index contributed by atoms with van der Waals surface area (Å²) in [6.07, 6.45) is -0.411. The van der Waals surface area contributed by atoms with Gasteiger partial charge in [0.2, 0.25) is 35.4 Å². The van der Waals surface area contributed by atoms with Crippen LogP contribution >= 0.6 is 0 Å². The van der Waals surface area contributed by atoms with Crippen LogP contribution in [0, 0.1) is 23.7 Å². The van der Waals surface area contributed by atoms with Crippen LogP contribution in [0.25, 0.3) is 0 Å². The van der Waals surface area contributed by atoms with Crippen LogP contribution in [0.5, 0.6) is 0 Å². The molecule has 0 saturated heterocycles. The van der Waals surface area contributed by atoms with Crippen LogP contribution < -0.4 is 37.6 Å². The van der Waals surface area contributed by atoms with Gasteiger partial charge in [-0.15, -0.1) is 0 Å². The van der Waals surface area contributed by atoms with Crippen molar-refractivity contribution in [1.29, 1.82) is 0 Å². The lowest BCUT2D eigenvalue weighted by molar-refractivity contribution is -0.144. The number of carbonyl (C=O) groups excluding carboxylic acids is 6. The molecule has 0 aliphatic heterocycles. The van der Waals surface area contributed by atoms with Gasteiger partial charge >= 0.3 is 11.9 Å². The summed E-state index contributed by atoms with van der Waals surface area (Å²) in [5.74, 6) is -9.11. The zero-order valence-electron chi connectivity index (χ0n) is 30.2. The molecule has 0 spiro atoms. The van der Waals surface area contributed by atoms with E-state index in [0.29, 0.717) is 6.42 Å². The molecule has 0 radical (unpaired) electrons. The third kappa shape index (κ3) is 16.4. The minimum absolute atomic E-state index is 0.0489. The van der Waals surface area contributed by atoms with Crippen LogP contribution in [-0.4, -0.2) is 112 Å². The lowest BCUT2D eigenvalue weighted by Gasteiger charge is -2.29. The molecular weight excluding hydrogens is 658 g/mol. The van der Waals surface area contributed by atoms with Crippen molar-refractivity contribution in [3.8, 4) is 0 Å². The van der Waals surface area contributed by atoms with Gasteiger partial charge in [-0.05, 0) is 36.5 Å². The van der Waals surface area contributed by atoms with Crippen molar-refractivity contribution < 1.29 is 53.7 Å². The van der Waals surface area contributed by atoms with E-state index in [4.69, 9.17) is 5.73 Å². The Kier molecular flexibility index (Phi) is 20.5. The van der Waals surface area contributed by atoms with Crippen molar-refractivity contribution >= 4 is 47.4 Å². The van der Waals surface area contributed by atoms with Crippen LogP contribution in [0.1, 0.15) is 81.1 Å². The molecule has 18 nitrogen and oxygen atoms in total. The summed E-state index contributed by atoms with van der Waals surface area (Å²) in [5.41, 5.74) is 5.33. The SMILES string of the molecule is CC[C@H](C)[C@H](NC(=O)[C@H](CC(C)C)NC(=O)[C@H](CO)NC(=O)[C@@H](NC(=O)CN)C(C)C)C(=O)N[C@@H](CC(=O)O)C(=O)N[C@@H](CC(C)C)C(=O)O. The minimum atomic E-state index is -1.68. The van der Waals surface area contributed by atoms with Gasteiger partial charge in [0, 0.05) is 0 Å². The van der Waals surface area contributed by atoms with E-state index in [2.05, 4.69) is 31.9 Å². The Labute approximate surface area is 292 Å². The quantitative estimate of drug-likeness (QED) is 0.0561. The number of aliphatic hydroxyl groups is 1. The molecule has 0 rings (SSSR count). The third-order valence-electron chi connectivity index (χ3n) is 7.73. The first kappa shape index (κ1) is 45.7. The van der Waals surface area contributed by atoms with Crippen molar-refractivity contribution in [2.45, 2.75) is 117 Å². The molecule has 0 aliphatic carbocycles. The van der Waals surface area contributed by atoms with Gasteiger partial charge in [-0.1, -0.05) is 61.8 Å². The van der Waals surface area contributed by atoms with E-state index in [-0.39, 0.29) is 31.2 Å². The maximum Gasteiger partial charge on any atom is 0.326 e. The van der Waals surface area contributed by atoms with Gasteiger partial charge in [0.25, 0.3) is 0 Å². The average Bonchev–Trinajstić information content (AvgIpc) is 3.01. The Morgan fingerprint density at radius 2 is 1.02 bits per heavy atom. The maximum atomic E-state index is 13.6. The van der Waals surface area contributed by atoms with E-state index in [1.54, 1.807) is 55.4 Å². The normalized spacial score (nSPS) is 15.5. The number of carboxylic acids is 2. The van der Waals surface area contributed by atoms with Crippen LogP contribution in [-0.2, 0) is 38.4 Å². The number of carboxylic acid groups (broad SMARTS) is 2. The summed E-state index contributed by atoms with van der Waals surface area (Å²) >= 11 is 0. The van der Waals surface area contributed by atoms with Gasteiger partial charge in [0.05, 0.1) is 19.6 Å². The molecule has 50 heavy (non-hydrogen) atoms. The molecule has 0 aromatic heterocycles. The van der Waals surface area contributed by atoms with E-state index in [9.17, 15) is 53.7 Å². The van der Waals surface area contributed by atoms with E-state index in [1.807, 2.05) is 0 Å². The number of aliphatic carboxylic acids is 2. The van der Waals surface area contributed by atoms with E-state index >= 15 is 0 Å². The number of rotatable bonds is 23. The van der Waals surface area contributed by atoms with E-state index in [1.165, 1.54) is 0 Å². The number of hydrogen-bond acceptors (Lipinski definition) is 10. The largest absolute Gasteiger partial charge is 0.481 e. The van der Waals surface area contributed by atoms with Gasteiger partial charge in [-0.3, -0.25) is 33.6 Å².